The predicted molar refractivity (Wildman–Crippen MR) is 92.4 cm³/mol. The summed E-state index contributed by atoms with van der Waals surface area (Å²) >= 11 is 4.48. The van der Waals surface area contributed by atoms with Crippen molar-refractivity contribution in [2.24, 2.45) is 0 Å². The van der Waals surface area contributed by atoms with Gasteiger partial charge in [-0.25, -0.2) is 4.79 Å². The zero-order chi connectivity index (χ0) is 17.3. The number of ether oxygens (including phenoxy) is 1. The summed E-state index contributed by atoms with van der Waals surface area (Å²) in [7, 11) is -1.12. The van der Waals surface area contributed by atoms with Gasteiger partial charge in [0.15, 0.2) is 6.54 Å². The lowest BCUT2D eigenvalue weighted by molar-refractivity contribution is -0.136. The van der Waals surface area contributed by atoms with Crippen LogP contribution >= 0.6 is 27.3 Å². The van der Waals surface area contributed by atoms with E-state index >= 15 is 0 Å². The van der Waals surface area contributed by atoms with Crippen molar-refractivity contribution in [1.29, 1.82) is 0 Å². The van der Waals surface area contributed by atoms with E-state index in [4.69, 9.17) is 4.74 Å². The number of methoxy groups -OCH3 is 1. The first kappa shape index (κ1) is 17.9. The third kappa shape index (κ3) is 3.27. The Bertz CT molecular complexity index is 816. The molecule has 9 heteroatoms. The number of quaternary nitrogens is 1. The molecule has 2 aromatic rings. The molecule has 0 spiro atoms. The minimum absolute atomic E-state index is 0.0300. The molecule has 6 nitrogen and oxygen atoms in total. The van der Waals surface area contributed by atoms with Crippen LogP contribution < -0.4 is 8.63 Å². The van der Waals surface area contributed by atoms with E-state index < -0.39 is 26.4 Å². The Kier molecular flexibility index (Phi) is 5.14. The highest BCUT2D eigenvalue weighted by atomic mass is 79.9. The second kappa shape index (κ2) is 6.60. The molecule has 124 valence electrons. The number of carboxylic acids is 1. The fourth-order valence-corrected chi connectivity index (χ4v) is 5.99. The first-order valence-corrected chi connectivity index (χ1v) is 9.54. The number of halogens is 1. The van der Waals surface area contributed by atoms with Crippen LogP contribution in [-0.2, 0) is 14.8 Å². The Labute approximate surface area is 146 Å². The average molecular weight is 421 g/mol. The van der Waals surface area contributed by atoms with E-state index in [-0.39, 0.29) is 4.90 Å². The summed E-state index contributed by atoms with van der Waals surface area (Å²) < 4.78 is 31.0. The van der Waals surface area contributed by atoms with Crippen LogP contribution in [0.5, 0.6) is 5.75 Å². The molecule has 1 atom stereocenters. The molecule has 2 rings (SSSR count). The molecular weight excluding hydrogens is 406 g/mol. The molecule has 23 heavy (non-hydrogen) atoms. The number of carboxylic acid groups (broad SMARTS) is 1. The van der Waals surface area contributed by atoms with E-state index in [0.717, 1.165) is 0 Å². The van der Waals surface area contributed by atoms with E-state index in [1.165, 1.54) is 49.8 Å². The van der Waals surface area contributed by atoms with Crippen LogP contribution in [0.15, 0.2) is 45.1 Å². The van der Waals surface area contributed by atoms with E-state index in [1.807, 2.05) is 0 Å². The molecule has 1 unspecified atom stereocenters. The Morgan fingerprint density at radius 1 is 1.30 bits per heavy atom. The quantitative estimate of drug-likeness (QED) is 0.726. The first-order chi connectivity index (χ1) is 10.7. The second-order valence-electron chi connectivity index (χ2n) is 4.88. The number of likely N-dealkylation sites (N-methyl/N-ethyl adjacent to an activating group) is 1. The van der Waals surface area contributed by atoms with Crippen LogP contribution in [0.1, 0.15) is 0 Å². The van der Waals surface area contributed by atoms with Crippen LogP contribution in [0.25, 0.3) is 0 Å². The van der Waals surface area contributed by atoms with E-state index in [9.17, 15) is 18.3 Å². The maximum Gasteiger partial charge on any atom is 0.361 e. The van der Waals surface area contributed by atoms with Crippen molar-refractivity contribution in [3.05, 3.63) is 40.2 Å². The van der Waals surface area contributed by atoms with Crippen molar-refractivity contribution in [2.45, 2.75) is 4.90 Å². The zero-order valence-corrected chi connectivity index (χ0v) is 15.6. The lowest BCUT2D eigenvalue weighted by Gasteiger charge is -2.29. The average Bonchev–Trinajstić information content (AvgIpc) is 2.93. The maximum atomic E-state index is 13.1. The molecule has 1 aromatic heterocycles. The lowest BCUT2D eigenvalue weighted by Crippen LogP contribution is -2.53. The molecule has 1 aromatic carbocycles. The summed E-state index contributed by atoms with van der Waals surface area (Å²) in [5.41, 5.74) is 0. The summed E-state index contributed by atoms with van der Waals surface area (Å²) in [6.07, 6.45) is 0. The number of benzene rings is 1. The van der Waals surface area contributed by atoms with Gasteiger partial charge in [0.05, 0.1) is 18.6 Å². The number of sulfonamides is 1. The van der Waals surface area contributed by atoms with Crippen LogP contribution in [0, 0.1) is 0 Å². The Hall–Kier alpha value is -1.42. The van der Waals surface area contributed by atoms with Crippen LogP contribution in [-0.4, -0.2) is 40.2 Å². The third-order valence-electron chi connectivity index (χ3n) is 3.35. The normalized spacial score (nSPS) is 14.2. The number of hydrogen-bond acceptors (Lipinski definition) is 5. The van der Waals surface area contributed by atoms with Gasteiger partial charge in [0.25, 0.3) is 0 Å². The van der Waals surface area contributed by atoms with Crippen molar-refractivity contribution in [2.75, 3.05) is 20.7 Å². The lowest BCUT2D eigenvalue weighted by atomic mass is 10.3. The minimum atomic E-state index is -3.98. The fourth-order valence-electron chi connectivity index (χ4n) is 2.13. The van der Waals surface area contributed by atoms with Gasteiger partial charge in [0, 0.05) is 0 Å². The molecule has 0 amide bonds. The number of nitrogens with zero attached hydrogens (tertiary/aromatic N) is 1. The van der Waals surface area contributed by atoms with Gasteiger partial charge in [-0.2, -0.15) is 12.3 Å². The Balaban J connectivity index is 2.62. The molecule has 0 radical (unpaired) electrons. The summed E-state index contributed by atoms with van der Waals surface area (Å²) in [5.74, 6) is -0.682. The van der Waals surface area contributed by atoms with Crippen molar-refractivity contribution in [3.8, 4) is 5.75 Å². The van der Waals surface area contributed by atoms with Crippen LogP contribution in [0.3, 0.4) is 0 Å². The molecule has 0 saturated heterocycles. The van der Waals surface area contributed by atoms with Gasteiger partial charge >= 0.3 is 16.0 Å². The zero-order valence-electron chi connectivity index (χ0n) is 12.4. The highest BCUT2D eigenvalue weighted by molar-refractivity contribution is 9.10. The van der Waals surface area contributed by atoms with E-state index in [2.05, 4.69) is 15.9 Å². The molecule has 0 aliphatic carbocycles. The van der Waals surface area contributed by atoms with Crippen LogP contribution in [0.2, 0.25) is 0 Å². The number of thiophene rings is 1. The number of rotatable bonds is 6. The summed E-state index contributed by atoms with van der Waals surface area (Å²) in [6.45, 7) is -0.590. The van der Waals surface area contributed by atoms with E-state index in [1.54, 1.807) is 11.4 Å². The van der Waals surface area contributed by atoms with Crippen molar-refractivity contribution >= 4 is 48.3 Å². The van der Waals surface area contributed by atoms with Gasteiger partial charge in [-0.15, -0.1) is 0 Å². The Morgan fingerprint density at radius 3 is 2.35 bits per heavy atom. The molecule has 1 heterocycles. The largest absolute Gasteiger partial charge is 0.497 e. The minimum Gasteiger partial charge on any atom is -0.497 e. The summed E-state index contributed by atoms with van der Waals surface area (Å²) in [4.78, 5) is 11.3. The third-order valence-corrected chi connectivity index (χ3v) is 7.73. The SMILES string of the molecule is COc1ccc(S(=O)(=O)[N+](C)(CC(=O)O)c2sccc2Br)cc1. The monoisotopic (exact) mass is 420 g/mol. The summed E-state index contributed by atoms with van der Waals surface area (Å²) in [6, 6.07) is 7.58. The van der Waals surface area contributed by atoms with Crippen molar-refractivity contribution < 1.29 is 23.1 Å². The highest BCUT2D eigenvalue weighted by Gasteiger charge is 2.45. The van der Waals surface area contributed by atoms with Gasteiger partial charge in [-0.3, -0.25) is 0 Å². The summed E-state index contributed by atoms with van der Waals surface area (Å²) in [5, 5.41) is 11.3. The van der Waals surface area contributed by atoms with Gasteiger partial charge in [0.2, 0.25) is 5.00 Å². The molecule has 0 saturated carbocycles. The smallest absolute Gasteiger partial charge is 0.361 e. The Morgan fingerprint density at radius 2 is 1.91 bits per heavy atom. The van der Waals surface area contributed by atoms with E-state index in [0.29, 0.717) is 15.2 Å². The second-order valence-corrected chi connectivity index (χ2v) is 8.85. The topological polar surface area (TPSA) is 80.7 Å². The molecule has 0 bridgehead atoms. The maximum absolute atomic E-state index is 13.1. The standard InChI is InChI=1S/C14H14BrNO5S2/c1-16(9-13(17)18,14-12(15)7-8-22-14)23(19,20)11-5-3-10(21-2)4-6-11/h3-8H,9H2,1-2H3/p+1. The van der Waals surface area contributed by atoms with Crippen molar-refractivity contribution in [3.63, 3.8) is 0 Å². The van der Waals surface area contributed by atoms with Gasteiger partial charge < -0.3 is 9.84 Å². The van der Waals surface area contributed by atoms with Gasteiger partial charge in [-0.1, -0.05) is 11.3 Å². The number of carbonyl (C=O) groups is 1. The molecule has 1 N–H and O–H groups in total. The number of aliphatic carboxylic acids is 1. The molecular formula is C14H15BrNO5S2+. The molecule has 0 fully saturated rings. The van der Waals surface area contributed by atoms with Gasteiger partial charge in [-0.05, 0) is 51.6 Å². The van der Waals surface area contributed by atoms with Crippen LogP contribution in [0.4, 0.5) is 5.00 Å². The van der Waals surface area contributed by atoms with Crippen molar-refractivity contribution in [1.82, 2.24) is 3.89 Å². The number of hydrogen-bond donors (Lipinski definition) is 1. The first-order valence-electron chi connectivity index (χ1n) is 6.42. The predicted octanol–water partition coefficient (Wildman–Crippen LogP) is 2.93. The molecule has 0 aliphatic heterocycles. The molecule has 0 aliphatic rings. The highest BCUT2D eigenvalue weighted by Crippen LogP contribution is 2.40. The van der Waals surface area contributed by atoms with Gasteiger partial charge in [0.1, 0.15) is 10.6 Å². The fraction of sp³-hybridized carbons (Fsp3) is 0.214.